The largest absolute Gasteiger partial charge is 0.390 e. The fourth-order valence-electron chi connectivity index (χ4n) is 5.70. The fraction of sp³-hybridized carbons (Fsp3) is 0.588. The number of fused-ring (bicyclic) bond motifs is 2. The standard InChI is InChI=1S/C17H18BrNO3/c1-2-17-13-11-7-10(14(20)15(11)22-17)12(13)16(21)19(17)9-5-3-8(18)4-6-9/h3-6,10-15,20H,2,7H2,1H3/t10-,11-,12-,13-,14+,15-,17-/m0/s1. The van der Waals surface area contributed by atoms with Crippen LogP contribution in [0, 0.1) is 23.7 Å². The molecule has 2 bridgehead atoms. The second kappa shape index (κ2) is 4.13. The topological polar surface area (TPSA) is 49.8 Å². The summed E-state index contributed by atoms with van der Waals surface area (Å²) in [7, 11) is 0. The van der Waals surface area contributed by atoms with E-state index in [0.717, 1.165) is 23.0 Å². The molecule has 22 heavy (non-hydrogen) atoms. The molecule has 5 heteroatoms. The molecule has 4 nitrogen and oxygen atoms in total. The van der Waals surface area contributed by atoms with Crippen LogP contribution in [0.25, 0.3) is 0 Å². The predicted molar refractivity (Wildman–Crippen MR) is 84.1 cm³/mol. The minimum absolute atomic E-state index is 0.0673. The average molecular weight is 364 g/mol. The molecule has 2 saturated heterocycles. The van der Waals surface area contributed by atoms with E-state index < -0.39 is 11.8 Å². The Bertz CT molecular complexity index is 662. The Morgan fingerprint density at radius 1 is 1.36 bits per heavy atom. The molecule has 0 spiro atoms. The zero-order chi connectivity index (χ0) is 15.2. The number of amides is 1. The highest BCUT2D eigenvalue weighted by molar-refractivity contribution is 9.10. The first kappa shape index (κ1) is 13.5. The second-order valence-electron chi connectivity index (χ2n) is 7.04. The van der Waals surface area contributed by atoms with Gasteiger partial charge in [-0.15, -0.1) is 0 Å². The van der Waals surface area contributed by atoms with E-state index in [1.165, 1.54) is 0 Å². The first-order valence-corrected chi connectivity index (χ1v) is 8.83. The van der Waals surface area contributed by atoms with Crippen molar-refractivity contribution in [2.24, 2.45) is 23.7 Å². The van der Waals surface area contributed by atoms with Crippen LogP contribution in [0.4, 0.5) is 5.69 Å². The Labute approximate surface area is 137 Å². The van der Waals surface area contributed by atoms with Crippen molar-refractivity contribution in [3.8, 4) is 0 Å². The molecular formula is C17H18BrNO3. The van der Waals surface area contributed by atoms with Gasteiger partial charge in [-0.2, -0.15) is 0 Å². The summed E-state index contributed by atoms with van der Waals surface area (Å²) in [6.45, 7) is 2.09. The van der Waals surface area contributed by atoms with E-state index in [-0.39, 0.29) is 29.8 Å². The number of benzene rings is 1. The maximum absolute atomic E-state index is 13.1. The van der Waals surface area contributed by atoms with Crippen molar-refractivity contribution in [2.45, 2.75) is 37.7 Å². The number of carbonyl (C=O) groups is 1. The second-order valence-corrected chi connectivity index (χ2v) is 7.95. The lowest BCUT2D eigenvalue weighted by Gasteiger charge is -2.38. The van der Waals surface area contributed by atoms with Gasteiger partial charge in [0.05, 0.1) is 18.1 Å². The molecule has 1 amide bonds. The van der Waals surface area contributed by atoms with Gasteiger partial charge in [-0.25, -0.2) is 0 Å². The highest BCUT2D eigenvalue weighted by Crippen LogP contribution is 2.68. The molecule has 116 valence electrons. The molecule has 0 unspecified atom stereocenters. The van der Waals surface area contributed by atoms with Gasteiger partial charge in [0.25, 0.3) is 0 Å². The molecule has 7 atom stereocenters. The zero-order valence-corrected chi connectivity index (χ0v) is 13.9. The SMILES string of the molecule is CC[C@]12O[C@@H]3[C@H](O)[C@H]4C[C@H]3[C@H]1[C@H]4C(=O)N2c1ccc(Br)cc1. The van der Waals surface area contributed by atoms with Gasteiger partial charge in [0.15, 0.2) is 5.72 Å². The van der Waals surface area contributed by atoms with Crippen molar-refractivity contribution in [3.05, 3.63) is 28.7 Å². The number of hydrogen-bond donors (Lipinski definition) is 1. The van der Waals surface area contributed by atoms with Crippen molar-refractivity contribution in [1.82, 2.24) is 0 Å². The van der Waals surface area contributed by atoms with E-state index in [1.807, 2.05) is 29.2 Å². The molecule has 0 aromatic heterocycles. The summed E-state index contributed by atoms with van der Waals surface area (Å²) in [6, 6.07) is 7.86. The van der Waals surface area contributed by atoms with Crippen LogP contribution >= 0.6 is 15.9 Å². The normalized spacial score (nSPS) is 47.8. The molecular weight excluding hydrogens is 346 g/mol. The highest BCUT2D eigenvalue weighted by Gasteiger charge is 2.77. The first-order valence-electron chi connectivity index (χ1n) is 8.04. The monoisotopic (exact) mass is 363 g/mol. The quantitative estimate of drug-likeness (QED) is 0.878. The minimum atomic E-state index is -0.558. The van der Waals surface area contributed by atoms with Gasteiger partial charge in [0.1, 0.15) is 0 Å². The van der Waals surface area contributed by atoms with Crippen LogP contribution in [0.3, 0.4) is 0 Å². The van der Waals surface area contributed by atoms with E-state index in [0.29, 0.717) is 5.92 Å². The van der Waals surface area contributed by atoms with Gasteiger partial charge in [-0.05, 0) is 48.9 Å². The van der Waals surface area contributed by atoms with E-state index in [2.05, 4.69) is 22.9 Å². The Morgan fingerprint density at radius 2 is 2.09 bits per heavy atom. The average Bonchev–Trinajstić information content (AvgIpc) is 3.17. The Morgan fingerprint density at radius 3 is 2.77 bits per heavy atom. The van der Waals surface area contributed by atoms with E-state index in [1.54, 1.807) is 0 Å². The summed E-state index contributed by atoms with van der Waals surface area (Å²) >= 11 is 3.45. The Balaban J connectivity index is 1.66. The number of rotatable bonds is 2. The van der Waals surface area contributed by atoms with Gasteiger partial charge < -0.3 is 9.84 Å². The summed E-state index contributed by atoms with van der Waals surface area (Å²) < 4.78 is 7.39. The number of aliphatic hydroxyl groups is 1. The van der Waals surface area contributed by atoms with Gasteiger partial charge in [-0.1, -0.05) is 22.9 Å². The van der Waals surface area contributed by atoms with E-state index in [9.17, 15) is 9.90 Å². The summed E-state index contributed by atoms with van der Waals surface area (Å²) in [5, 5.41) is 10.4. The summed E-state index contributed by atoms with van der Waals surface area (Å²) in [5.41, 5.74) is 0.343. The summed E-state index contributed by atoms with van der Waals surface area (Å²) in [5.74, 6) is 0.740. The number of carbonyl (C=O) groups excluding carboxylic acids is 1. The zero-order valence-electron chi connectivity index (χ0n) is 12.3. The van der Waals surface area contributed by atoms with Crippen LogP contribution in [-0.2, 0) is 9.53 Å². The maximum atomic E-state index is 13.1. The third kappa shape index (κ3) is 1.31. The molecule has 0 radical (unpaired) electrons. The lowest BCUT2D eigenvalue weighted by molar-refractivity contribution is -0.133. The molecule has 2 aliphatic carbocycles. The molecule has 2 heterocycles. The Hall–Kier alpha value is -0.910. The predicted octanol–water partition coefficient (Wildman–Crippen LogP) is 2.54. The Kier molecular flexibility index (Phi) is 2.54. The molecule has 2 aliphatic heterocycles. The first-order chi connectivity index (χ1) is 10.6. The van der Waals surface area contributed by atoms with Crippen LogP contribution in [-0.4, -0.2) is 28.9 Å². The number of ether oxygens (including phenoxy) is 1. The number of nitrogens with zero attached hydrogens (tertiary/aromatic N) is 1. The molecule has 1 N–H and O–H groups in total. The van der Waals surface area contributed by atoms with E-state index in [4.69, 9.17) is 4.74 Å². The van der Waals surface area contributed by atoms with E-state index >= 15 is 0 Å². The van der Waals surface area contributed by atoms with Crippen molar-refractivity contribution >= 4 is 27.5 Å². The number of hydrogen-bond acceptors (Lipinski definition) is 3. The molecule has 4 aliphatic rings. The molecule has 4 fully saturated rings. The lowest BCUT2D eigenvalue weighted by atomic mass is 9.76. The highest BCUT2D eigenvalue weighted by atomic mass is 79.9. The molecule has 1 aromatic rings. The molecule has 2 saturated carbocycles. The van der Waals surface area contributed by atoms with Gasteiger partial charge in [0.2, 0.25) is 5.91 Å². The van der Waals surface area contributed by atoms with Gasteiger partial charge >= 0.3 is 0 Å². The minimum Gasteiger partial charge on any atom is -0.390 e. The van der Waals surface area contributed by atoms with Crippen molar-refractivity contribution in [2.75, 3.05) is 4.90 Å². The molecule has 1 aromatic carbocycles. The van der Waals surface area contributed by atoms with Crippen LogP contribution in [0.2, 0.25) is 0 Å². The van der Waals surface area contributed by atoms with Gasteiger partial charge in [0, 0.05) is 16.1 Å². The van der Waals surface area contributed by atoms with Crippen LogP contribution in [0.5, 0.6) is 0 Å². The third-order valence-electron chi connectivity index (χ3n) is 6.39. The summed E-state index contributed by atoms with van der Waals surface area (Å²) in [4.78, 5) is 15.0. The van der Waals surface area contributed by atoms with Crippen LogP contribution in [0.1, 0.15) is 19.8 Å². The lowest BCUT2D eigenvalue weighted by Crippen LogP contribution is -2.50. The van der Waals surface area contributed by atoms with Crippen molar-refractivity contribution in [3.63, 3.8) is 0 Å². The summed E-state index contributed by atoms with van der Waals surface area (Å²) in [6.07, 6.45) is 1.17. The maximum Gasteiger partial charge on any atom is 0.233 e. The number of anilines is 1. The van der Waals surface area contributed by atoms with Crippen LogP contribution < -0.4 is 4.90 Å². The number of halogens is 1. The van der Waals surface area contributed by atoms with Crippen molar-refractivity contribution < 1.29 is 14.6 Å². The fourth-order valence-corrected chi connectivity index (χ4v) is 5.97. The van der Waals surface area contributed by atoms with Crippen LogP contribution in [0.15, 0.2) is 28.7 Å². The van der Waals surface area contributed by atoms with Crippen molar-refractivity contribution in [1.29, 1.82) is 0 Å². The third-order valence-corrected chi connectivity index (χ3v) is 6.92. The smallest absolute Gasteiger partial charge is 0.233 e. The van der Waals surface area contributed by atoms with Gasteiger partial charge in [-0.3, -0.25) is 9.69 Å². The molecule has 5 rings (SSSR count). The number of aliphatic hydroxyl groups excluding tert-OH is 1.